The van der Waals surface area contributed by atoms with Crippen molar-refractivity contribution in [2.45, 2.75) is 38.1 Å². The van der Waals surface area contributed by atoms with Gasteiger partial charge in [0.2, 0.25) is 0 Å². The number of nitrogens with one attached hydrogen (secondary N) is 1. The molecule has 48 valence electrons. The van der Waals surface area contributed by atoms with Gasteiger partial charge >= 0.3 is 0 Å². The second kappa shape index (κ2) is 3.08. The molecular weight excluding hydrogens is 98.1 g/mol. The van der Waals surface area contributed by atoms with Crippen molar-refractivity contribution >= 4 is 0 Å². The molecule has 8 heavy (non-hydrogen) atoms. The van der Waals surface area contributed by atoms with E-state index in [-0.39, 0.29) is 0 Å². The topological polar surface area (TPSA) is 12.0 Å². The molecule has 1 rings (SSSR count). The molecule has 0 saturated heterocycles. The maximum atomic E-state index is 7.43. The zero-order valence-electron chi connectivity index (χ0n) is 7.41. The zero-order chi connectivity index (χ0) is 7.61. The molecule has 0 aromatic heterocycles. The summed E-state index contributed by atoms with van der Waals surface area (Å²) in [7, 11) is 1.95. The van der Waals surface area contributed by atoms with E-state index < -0.39 is 6.37 Å². The van der Waals surface area contributed by atoms with Gasteiger partial charge in [0.1, 0.15) is 0 Å². The van der Waals surface area contributed by atoms with Crippen LogP contribution in [0, 0.1) is 0 Å². The van der Waals surface area contributed by atoms with Crippen LogP contribution < -0.4 is 5.32 Å². The molecular formula is C7H15N. The number of rotatable bonds is 1. The third-order valence-corrected chi connectivity index (χ3v) is 1.75. The summed E-state index contributed by atoms with van der Waals surface area (Å²) in [5.41, 5.74) is 0. The molecule has 1 nitrogen and oxygen atoms in total. The lowest BCUT2D eigenvalue weighted by Crippen LogP contribution is -2.26. The summed E-state index contributed by atoms with van der Waals surface area (Å²) in [4.78, 5) is 0. The van der Waals surface area contributed by atoms with Crippen LogP contribution in [0.25, 0.3) is 0 Å². The Morgan fingerprint density at radius 2 is 2.12 bits per heavy atom. The third kappa shape index (κ3) is 1.48. The second-order valence-corrected chi connectivity index (χ2v) is 2.31. The Balaban J connectivity index is 2.31. The number of hydrogen-bond donors (Lipinski definition) is 1. The standard InChI is InChI=1S/C7H15N/c1-8-7-5-3-2-4-6-7/h7-8H,2-6H2,1H3/i2D2. The van der Waals surface area contributed by atoms with Crippen molar-refractivity contribution in [1.29, 1.82) is 0 Å². The first-order valence-corrected chi connectivity index (χ1v) is 3.31. The van der Waals surface area contributed by atoms with Gasteiger partial charge in [-0.3, -0.25) is 0 Å². The van der Waals surface area contributed by atoms with Crippen molar-refractivity contribution in [1.82, 2.24) is 5.32 Å². The van der Waals surface area contributed by atoms with Gasteiger partial charge in [-0.15, -0.1) is 0 Å². The number of hydrogen-bond acceptors (Lipinski definition) is 1. The predicted molar refractivity (Wildman–Crippen MR) is 35.9 cm³/mol. The molecule has 0 atom stereocenters. The molecule has 1 aliphatic carbocycles. The van der Waals surface area contributed by atoms with Crippen molar-refractivity contribution in [3.05, 3.63) is 0 Å². The van der Waals surface area contributed by atoms with Gasteiger partial charge in [0.25, 0.3) is 0 Å². The lowest BCUT2D eigenvalue weighted by molar-refractivity contribution is 0.394. The molecule has 1 saturated carbocycles. The fourth-order valence-corrected chi connectivity index (χ4v) is 1.11. The van der Waals surface area contributed by atoms with Crippen molar-refractivity contribution in [3.8, 4) is 0 Å². The van der Waals surface area contributed by atoms with Gasteiger partial charge in [0.15, 0.2) is 0 Å². The molecule has 1 N–H and O–H groups in total. The van der Waals surface area contributed by atoms with Crippen LogP contribution in [0.3, 0.4) is 0 Å². The molecule has 0 amide bonds. The van der Waals surface area contributed by atoms with E-state index in [0.717, 1.165) is 25.7 Å². The summed E-state index contributed by atoms with van der Waals surface area (Å²) in [5, 5.41) is 3.18. The highest BCUT2D eigenvalue weighted by molar-refractivity contribution is 4.68. The van der Waals surface area contributed by atoms with Gasteiger partial charge in [0, 0.05) is 8.78 Å². The molecule has 0 spiro atoms. The molecule has 0 radical (unpaired) electrons. The first-order valence-electron chi connectivity index (χ1n) is 4.31. The molecule has 0 heterocycles. The second-order valence-electron chi connectivity index (χ2n) is 2.31. The van der Waals surface area contributed by atoms with Crippen LogP contribution in [0.2, 0.25) is 0 Å². The van der Waals surface area contributed by atoms with Gasteiger partial charge in [-0.2, -0.15) is 0 Å². The van der Waals surface area contributed by atoms with E-state index in [9.17, 15) is 0 Å². The van der Waals surface area contributed by atoms with Gasteiger partial charge in [0.05, 0.1) is 0 Å². The fraction of sp³-hybridized carbons (Fsp3) is 1.00. The summed E-state index contributed by atoms with van der Waals surface area (Å²) in [6, 6.07) is 0.559. The average Bonchev–Trinajstić information content (AvgIpc) is 1.88. The molecule has 1 heteroatoms. The summed E-state index contributed by atoms with van der Waals surface area (Å²) in [5.74, 6) is 0. The van der Waals surface area contributed by atoms with Gasteiger partial charge in [-0.25, -0.2) is 0 Å². The molecule has 0 aliphatic heterocycles. The Hall–Kier alpha value is -0.0400. The van der Waals surface area contributed by atoms with Crippen LogP contribution in [0.15, 0.2) is 0 Å². The van der Waals surface area contributed by atoms with E-state index in [2.05, 4.69) is 5.32 Å². The molecule has 0 aromatic rings. The summed E-state index contributed by atoms with van der Waals surface area (Å²) in [6.45, 7) is 0. The maximum Gasteiger partial charge on any atom is 0.0267 e. The van der Waals surface area contributed by atoms with E-state index in [1.165, 1.54) is 0 Å². The van der Waals surface area contributed by atoms with Crippen molar-refractivity contribution in [3.63, 3.8) is 0 Å². The first kappa shape index (κ1) is 3.89. The third-order valence-electron chi connectivity index (χ3n) is 1.75. The minimum atomic E-state index is -0.882. The lowest BCUT2D eigenvalue weighted by Gasteiger charge is -2.20. The molecule has 1 aliphatic rings. The SMILES string of the molecule is [2H]C1([2H])CCC(NC)CC1. The summed E-state index contributed by atoms with van der Waals surface area (Å²) in [6.07, 6.45) is 2.54. The fourth-order valence-electron chi connectivity index (χ4n) is 1.11. The van der Waals surface area contributed by atoms with Gasteiger partial charge < -0.3 is 5.32 Å². The highest BCUT2D eigenvalue weighted by Crippen LogP contribution is 2.16. The first-order chi connectivity index (χ1) is 4.64. The van der Waals surface area contributed by atoms with Crippen LogP contribution >= 0.6 is 0 Å². The minimum absolute atomic E-state index is 0.559. The average molecular weight is 115 g/mol. The van der Waals surface area contributed by atoms with E-state index in [4.69, 9.17) is 2.74 Å². The highest BCUT2D eigenvalue weighted by Gasteiger charge is 2.09. The predicted octanol–water partition coefficient (Wildman–Crippen LogP) is 1.54. The monoisotopic (exact) mass is 115 g/mol. The van der Waals surface area contributed by atoms with Crippen molar-refractivity contribution < 1.29 is 2.74 Å². The van der Waals surface area contributed by atoms with E-state index in [0.29, 0.717) is 6.04 Å². The normalized spacial score (nSPS) is 33.6. The van der Waals surface area contributed by atoms with E-state index >= 15 is 0 Å². The molecule has 1 fully saturated rings. The van der Waals surface area contributed by atoms with Crippen molar-refractivity contribution in [2.24, 2.45) is 0 Å². The highest BCUT2D eigenvalue weighted by atomic mass is 14.9. The Kier molecular flexibility index (Phi) is 1.50. The van der Waals surface area contributed by atoms with Gasteiger partial charge in [-0.05, 0) is 19.9 Å². The maximum absolute atomic E-state index is 7.43. The summed E-state index contributed by atoms with van der Waals surface area (Å²) >= 11 is 0. The van der Waals surface area contributed by atoms with Crippen LogP contribution in [0.1, 0.15) is 34.8 Å². The Bertz CT molecular complexity index is 104. The largest absolute Gasteiger partial charge is 0.317 e. The summed E-state index contributed by atoms with van der Waals surface area (Å²) < 4.78 is 14.9. The Morgan fingerprint density at radius 1 is 1.50 bits per heavy atom. The van der Waals surface area contributed by atoms with Crippen molar-refractivity contribution in [2.75, 3.05) is 7.05 Å². The molecule has 0 bridgehead atoms. The lowest BCUT2D eigenvalue weighted by atomic mass is 9.96. The van der Waals surface area contributed by atoms with Crippen LogP contribution in [0.4, 0.5) is 0 Å². The van der Waals surface area contributed by atoms with E-state index in [1.54, 1.807) is 0 Å². The van der Waals surface area contributed by atoms with Crippen LogP contribution in [-0.4, -0.2) is 13.1 Å². The minimum Gasteiger partial charge on any atom is -0.317 e. The van der Waals surface area contributed by atoms with Gasteiger partial charge in [-0.1, -0.05) is 19.2 Å². The quantitative estimate of drug-likeness (QED) is 0.546. The van der Waals surface area contributed by atoms with Crippen LogP contribution in [0.5, 0.6) is 0 Å². The molecule has 0 unspecified atom stereocenters. The smallest absolute Gasteiger partial charge is 0.0267 e. The van der Waals surface area contributed by atoms with Crippen LogP contribution in [-0.2, 0) is 0 Å². The Labute approximate surface area is 54.3 Å². The van der Waals surface area contributed by atoms with E-state index in [1.807, 2.05) is 7.05 Å². The zero-order valence-corrected chi connectivity index (χ0v) is 5.41. The Morgan fingerprint density at radius 3 is 2.62 bits per heavy atom. The molecule has 0 aromatic carbocycles.